The van der Waals surface area contributed by atoms with Gasteiger partial charge in [0.1, 0.15) is 5.71 Å². The minimum absolute atomic E-state index is 0.165. The summed E-state index contributed by atoms with van der Waals surface area (Å²) >= 11 is 0. The minimum Gasteiger partial charge on any atom is -0.331 e. The normalized spacial score (nSPS) is 19.4. The molecule has 1 aromatic rings. The van der Waals surface area contributed by atoms with E-state index in [1.165, 1.54) is 53.7 Å². The number of aromatic amines is 1. The van der Waals surface area contributed by atoms with E-state index in [0.717, 1.165) is 50.7 Å². The Morgan fingerprint density at radius 2 is 1.83 bits per heavy atom. The van der Waals surface area contributed by atoms with Gasteiger partial charge in [-0.15, -0.1) is 12.8 Å². The molecule has 0 aliphatic heterocycles. The summed E-state index contributed by atoms with van der Waals surface area (Å²) in [5.41, 5.74) is 7.34. The van der Waals surface area contributed by atoms with Crippen LogP contribution in [0.15, 0.2) is 46.1 Å². The van der Waals surface area contributed by atoms with Crippen molar-refractivity contribution in [1.82, 2.24) is 15.1 Å². The maximum absolute atomic E-state index is 13.5. The molecule has 5 heteroatoms. The molecule has 0 aromatic carbocycles. The van der Waals surface area contributed by atoms with Crippen LogP contribution in [0.5, 0.6) is 0 Å². The standard InChI is InChI=1S/C20H28N4O.C9H16.C2H2/c1-13-5-3-4-6-17(13)19(21-2)20(25)24(15-7-8-15)16-9-10-18-14(11-16)12-22-23-18;1-4-7-8-9(5-2)6-3;1-2/h12,15-16H,3-11H2,1-2H3,(H,22,23);4,7-8H,5-6H2,1-3H3;1-2H/b;7-4-;. The molecular formula is C31H46N4O. The Labute approximate surface area is 219 Å². The Morgan fingerprint density at radius 1 is 1.14 bits per heavy atom. The van der Waals surface area contributed by atoms with Crippen molar-refractivity contribution in [2.45, 2.75) is 110 Å². The van der Waals surface area contributed by atoms with Gasteiger partial charge in [0.25, 0.3) is 5.91 Å². The quantitative estimate of drug-likeness (QED) is 0.260. The summed E-state index contributed by atoms with van der Waals surface area (Å²) in [6, 6.07) is 0.693. The molecule has 1 aromatic heterocycles. The molecule has 4 rings (SSSR count). The molecule has 0 spiro atoms. The molecule has 1 fully saturated rings. The zero-order valence-corrected chi connectivity index (χ0v) is 23.1. The van der Waals surface area contributed by atoms with Crippen LogP contribution < -0.4 is 0 Å². The van der Waals surface area contributed by atoms with Crippen LogP contribution in [-0.4, -0.2) is 45.8 Å². The van der Waals surface area contributed by atoms with Crippen molar-refractivity contribution in [3.63, 3.8) is 0 Å². The topological polar surface area (TPSA) is 61.4 Å². The van der Waals surface area contributed by atoms with Crippen LogP contribution in [0.25, 0.3) is 0 Å². The summed E-state index contributed by atoms with van der Waals surface area (Å²) in [6.07, 6.45) is 28.3. The summed E-state index contributed by atoms with van der Waals surface area (Å²) in [4.78, 5) is 20.1. The average Bonchev–Trinajstić information content (AvgIpc) is 3.63. The molecule has 3 aliphatic rings. The van der Waals surface area contributed by atoms with Crippen LogP contribution in [-0.2, 0) is 17.6 Å². The molecule has 0 bridgehead atoms. The third-order valence-corrected chi connectivity index (χ3v) is 7.45. The van der Waals surface area contributed by atoms with Gasteiger partial charge in [0.05, 0.1) is 6.20 Å². The van der Waals surface area contributed by atoms with Crippen molar-refractivity contribution in [2.24, 2.45) is 4.99 Å². The lowest BCUT2D eigenvalue weighted by atomic mass is 9.88. The molecule has 3 aliphatic carbocycles. The van der Waals surface area contributed by atoms with Gasteiger partial charge in [0, 0.05) is 24.8 Å². The maximum atomic E-state index is 13.5. The fraction of sp³-hybridized carbons (Fsp3) is 0.581. The number of allylic oxidation sites excluding steroid dienone is 5. The molecule has 1 heterocycles. The monoisotopic (exact) mass is 490 g/mol. The van der Waals surface area contributed by atoms with Crippen LogP contribution in [0.1, 0.15) is 96.7 Å². The Morgan fingerprint density at radius 3 is 2.42 bits per heavy atom. The number of H-pyrrole nitrogens is 1. The summed E-state index contributed by atoms with van der Waals surface area (Å²) in [7, 11) is 1.78. The molecular weight excluding hydrogens is 444 g/mol. The van der Waals surface area contributed by atoms with E-state index in [0.29, 0.717) is 6.04 Å². The third kappa shape index (κ3) is 7.82. The Bertz CT molecular complexity index is 981. The molecule has 196 valence electrons. The number of amides is 1. The van der Waals surface area contributed by atoms with Crippen molar-refractivity contribution >= 4 is 11.6 Å². The Balaban J connectivity index is 0.000000354. The van der Waals surface area contributed by atoms with Gasteiger partial charge in [-0.1, -0.05) is 43.2 Å². The number of hydrogen-bond acceptors (Lipinski definition) is 3. The second-order valence-corrected chi connectivity index (χ2v) is 9.81. The van der Waals surface area contributed by atoms with E-state index in [-0.39, 0.29) is 11.9 Å². The summed E-state index contributed by atoms with van der Waals surface area (Å²) in [5, 5.41) is 7.28. The smallest absolute Gasteiger partial charge is 0.272 e. The number of terminal acetylenes is 1. The Hall–Kier alpha value is -2.87. The number of nitrogens with one attached hydrogen (secondary N) is 1. The van der Waals surface area contributed by atoms with Gasteiger partial charge in [0.15, 0.2) is 0 Å². The van der Waals surface area contributed by atoms with Gasteiger partial charge in [-0.25, -0.2) is 0 Å². The zero-order chi connectivity index (χ0) is 26.5. The summed E-state index contributed by atoms with van der Waals surface area (Å²) in [6.45, 7) is 8.60. The van der Waals surface area contributed by atoms with Crippen LogP contribution in [0.2, 0.25) is 0 Å². The Kier molecular flexibility index (Phi) is 12.5. The van der Waals surface area contributed by atoms with Gasteiger partial charge in [0.2, 0.25) is 0 Å². The maximum Gasteiger partial charge on any atom is 0.272 e. The van der Waals surface area contributed by atoms with Gasteiger partial charge in [-0.05, 0) is 95.6 Å². The highest BCUT2D eigenvalue weighted by Gasteiger charge is 2.41. The number of aromatic nitrogens is 2. The van der Waals surface area contributed by atoms with E-state index < -0.39 is 0 Å². The number of fused-ring (bicyclic) bond motifs is 1. The van der Waals surface area contributed by atoms with Gasteiger partial charge in [-0.3, -0.25) is 14.9 Å². The number of aryl methyl sites for hydroxylation is 1. The molecule has 5 nitrogen and oxygen atoms in total. The van der Waals surface area contributed by atoms with Crippen LogP contribution >= 0.6 is 0 Å². The van der Waals surface area contributed by atoms with Crippen LogP contribution in [0.4, 0.5) is 0 Å². The van der Waals surface area contributed by atoms with E-state index in [1.807, 2.05) is 13.1 Å². The highest BCUT2D eigenvalue weighted by atomic mass is 16.2. The highest BCUT2D eigenvalue weighted by Crippen LogP contribution is 2.35. The first-order chi connectivity index (χ1) is 17.5. The lowest BCUT2D eigenvalue weighted by Crippen LogP contribution is -2.48. The first-order valence-corrected chi connectivity index (χ1v) is 13.7. The molecule has 1 unspecified atom stereocenters. The van der Waals surface area contributed by atoms with E-state index in [4.69, 9.17) is 0 Å². The highest BCUT2D eigenvalue weighted by molar-refractivity contribution is 6.45. The van der Waals surface area contributed by atoms with Crippen molar-refractivity contribution in [3.8, 4) is 12.8 Å². The van der Waals surface area contributed by atoms with E-state index in [9.17, 15) is 4.79 Å². The van der Waals surface area contributed by atoms with E-state index in [1.54, 1.807) is 7.05 Å². The molecule has 36 heavy (non-hydrogen) atoms. The first kappa shape index (κ1) is 29.4. The van der Waals surface area contributed by atoms with Crippen molar-refractivity contribution in [2.75, 3.05) is 7.05 Å². The lowest BCUT2D eigenvalue weighted by molar-refractivity contribution is -0.127. The fourth-order valence-corrected chi connectivity index (χ4v) is 5.19. The number of carbonyl (C=O) groups excluding carboxylic acids is 1. The third-order valence-electron chi connectivity index (χ3n) is 7.45. The average molecular weight is 491 g/mol. The van der Waals surface area contributed by atoms with E-state index >= 15 is 0 Å². The summed E-state index contributed by atoms with van der Waals surface area (Å²) < 4.78 is 0. The van der Waals surface area contributed by atoms with Crippen molar-refractivity contribution in [3.05, 3.63) is 52.4 Å². The number of hydrogen-bond donors (Lipinski definition) is 1. The molecule has 1 atom stereocenters. The number of carbonyl (C=O) groups is 1. The second-order valence-electron chi connectivity index (χ2n) is 9.81. The van der Waals surface area contributed by atoms with E-state index in [2.05, 4.69) is 71.9 Å². The minimum atomic E-state index is 0.165. The first-order valence-electron chi connectivity index (χ1n) is 13.7. The fourth-order valence-electron chi connectivity index (χ4n) is 5.19. The predicted octanol–water partition coefficient (Wildman–Crippen LogP) is 6.78. The number of rotatable bonds is 7. The number of aliphatic imine (C=N–C) groups is 1. The SMILES string of the molecule is C#C.C/C=C\C=C(CC)CC.CN=C(C(=O)N(C1CC1)C1CCc2[nH]ncc2C1)C1=C(C)CCCC1. The zero-order valence-electron chi connectivity index (χ0n) is 23.1. The predicted molar refractivity (Wildman–Crippen MR) is 152 cm³/mol. The molecule has 1 amide bonds. The lowest BCUT2D eigenvalue weighted by Gasteiger charge is -2.35. The second kappa shape index (κ2) is 15.3. The van der Waals surface area contributed by atoms with Crippen molar-refractivity contribution < 1.29 is 4.79 Å². The molecule has 0 saturated heterocycles. The van der Waals surface area contributed by atoms with Crippen LogP contribution in [0.3, 0.4) is 0 Å². The van der Waals surface area contributed by atoms with Crippen LogP contribution in [0, 0.1) is 12.8 Å². The van der Waals surface area contributed by atoms with Crippen molar-refractivity contribution in [1.29, 1.82) is 0 Å². The molecule has 0 radical (unpaired) electrons. The van der Waals surface area contributed by atoms with Gasteiger partial charge >= 0.3 is 0 Å². The largest absolute Gasteiger partial charge is 0.331 e. The molecule has 1 saturated carbocycles. The summed E-state index contributed by atoms with van der Waals surface area (Å²) in [5.74, 6) is 0.165. The number of nitrogens with zero attached hydrogens (tertiary/aromatic N) is 3. The molecule has 1 N–H and O–H groups in total. The van der Waals surface area contributed by atoms with Gasteiger partial charge in [-0.2, -0.15) is 5.10 Å². The van der Waals surface area contributed by atoms with Gasteiger partial charge < -0.3 is 4.90 Å².